The van der Waals surface area contributed by atoms with Crippen molar-refractivity contribution in [2.75, 3.05) is 26.0 Å². The first-order valence-electron chi connectivity index (χ1n) is 3.28. The van der Waals surface area contributed by atoms with Crippen LogP contribution >= 0.6 is 11.6 Å². The van der Waals surface area contributed by atoms with Gasteiger partial charge in [-0.2, -0.15) is 0 Å². The normalized spacial score (nSPS) is 17.8. The minimum atomic E-state index is -0.319. The van der Waals surface area contributed by atoms with Gasteiger partial charge in [0.05, 0.1) is 0 Å². The lowest BCUT2D eigenvalue weighted by Crippen LogP contribution is -2.35. The molecule has 1 fully saturated rings. The number of urea groups is 1. The first-order valence-corrected chi connectivity index (χ1v) is 3.81. The first-order chi connectivity index (χ1) is 5.16. The number of nitrogens with zero attached hydrogens (tertiary/aromatic N) is 2. The van der Waals surface area contributed by atoms with E-state index < -0.39 is 0 Å². The molecule has 0 aromatic rings. The standard InChI is InChI=1S/C6H9ClN2O2/c1-8-2-3-9(6(8)11)5(10)4-7/h2-4H2,1H3. The van der Waals surface area contributed by atoms with Gasteiger partial charge < -0.3 is 4.90 Å². The van der Waals surface area contributed by atoms with Crippen LogP contribution in [0.3, 0.4) is 0 Å². The highest BCUT2D eigenvalue weighted by atomic mass is 35.5. The molecule has 0 unspecified atom stereocenters. The minimum absolute atomic E-state index is 0.125. The van der Waals surface area contributed by atoms with Gasteiger partial charge in [0.15, 0.2) is 0 Å². The highest BCUT2D eigenvalue weighted by Crippen LogP contribution is 2.06. The molecule has 0 bridgehead atoms. The number of likely N-dealkylation sites (N-methyl/N-ethyl adjacent to an activating group) is 1. The Bertz CT molecular complexity index is 195. The number of rotatable bonds is 1. The molecule has 11 heavy (non-hydrogen) atoms. The summed E-state index contributed by atoms with van der Waals surface area (Å²) in [5.74, 6) is -0.444. The molecule has 0 saturated carbocycles. The van der Waals surface area contributed by atoms with Crippen molar-refractivity contribution in [2.24, 2.45) is 0 Å². The summed E-state index contributed by atoms with van der Waals surface area (Å²) in [5.41, 5.74) is 0. The summed E-state index contributed by atoms with van der Waals surface area (Å²) < 4.78 is 0. The Morgan fingerprint density at radius 1 is 1.64 bits per heavy atom. The second-order valence-corrected chi connectivity index (χ2v) is 2.65. The topological polar surface area (TPSA) is 40.6 Å². The molecule has 1 aliphatic heterocycles. The number of halogens is 1. The molecule has 0 aromatic carbocycles. The molecular formula is C6H9ClN2O2. The molecule has 4 nitrogen and oxygen atoms in total. The predicted octanol–water partition coefficient (Wildman–Crippen LogP) is 0.119. The monoisotopic (exact) mass is 176 g/mol. The number of hydrogen-bond donors (Lipinski definition) is 0. The van der Waals surface area contributed by atoms with Crippen LogP contribution in [0.5, 0.6) is 0 Å². The van der Waals surface area contributed by atoms with Crippen LogP contribution in [0, 0.1) is 0 Å². The number of carbonyl (C=O) groups is 2. The van der Waals surface area contributed by atoms with Gasteiger partial charge >= 0.3 is 6.03 Å². The average molecular weight is 177 g/mol. The van der Waals surface area contributed by atoms with Gasteiger partial charge in [-0.1, -0.05) is 0 Å². The third-order valence-corrected chi connectivity index (χ3v) is 1.86. The van der Waals surface area contributed by atoms with Crippen molar-refractivity contribution in [1.82, 2.24) is 9.80 Å². The highest BCUT2D eigenvalue weighted by molar-refractivity contribution is 6.28. The van der Waals surface area contributed by atoms with Gasteiger partial charge in [-0.15, -0.1) is 11.6 Å². The summed E-state index contributed by atoms with van der Waals surface area (Å²) in [6, 6.07) is -0.254. The van der Waals surface area contributed by atoms with Crippen LogP contribution in [0.2, 0.25) is 0 Å². The van der Waals surface area contributed by atoms with E-state index in [9.17, 15) is 9.59 Å². The van der Waals surface area contributed by atoms with E-state index in [1.165, 1.54) is 4.90 Å². The number of imide groups is 1. The van der Waals surface area contributed by atoms with Crippen LogP contribution in [0.1, 0.15) is 0 Å². The molecule has 0 N–H and O–H groups in total. The van der Waals surface area contributed by atoms with E-state index >= 15 is 0 Å². The van der Waals surface area contributed by atoms with Gasteiger partial charge in [-0.25, -0.2) is 4.79 Å². The summed E-state index contributed by atoms with van der Waals surface area (Å²) in [5, 5.41) is 0. The van der Waals surface area contributed by atoms with Crippen molar-refractivity contribution >= 4 is 23.5 Å². The molecule has 1 rings (SSSR count). The number of alkyl halides is 1. The zero-order valence-electron chi connectivity index (χ0n) is 6.21. The van der Waals surface area contributed by atoms with Crippen LogP contribution in [0.4, 0.5) is 4.79 Å². The van der Waals surface area contributed by atoms with E-state index in [0.717, 1.165) is 4.90 Å². The Kier molecular flexibility index (Phi) is 2.34. The second-order valence-electron chi connectivity index (χ2n) is 2.38. The Hall–Kier alpha value is -0.770. The summed E-state index contributed by atoms with van der Waals surface area (Å²) in [7, 11) is 1.66. The molecule has 0 radical (unpaired) electrons. The largest absolute Gasteiger partial charge is 0.326 e. The molecule has 0 spiro atoms. The summed E-state index contributed by atoms with van der Waals surface area (Å²) in [6.45, 7) is 1.06. The zero-order valence-corrected chi connectivity index (χ0v) is 6.97. The first kappa shape index (κ1) is 8.33. The van der Waals surface area contributed by atoms with Crippen LogP contribution in [-0.2, 0) is 4.79 Å². The molecule has 1 aliphatic rings. The van der Waals surface area contributed by atoms with Crippen molar-refractivity contribution < 1.29 is 9.59 Å². The minimum Gasteiger partial charge on any atom is -0.326 e. The van der Waals surface area contributed by atoms with Crippen molar-refractivity contribution in [2.45, 2.75) is 0 Å². The summed E-state index contributed by atoms with van der Waals surface area (Å²) in [4.78, 5) is 24.6. The number of carbonyl (C=O) groups excluding carboxylic acids is 2. The van der Waals surface area contributed by atoms with Crippen molar-refractivity contribution in [3.63, 3.8) is 0 Å². The number of amides is 3. The van der Waals surface area contributed by atoms with Crippen molar-refractivity contribution in [3.05, 3.63) is 0 Å². The van der Waals surface area contributed by atoms with Crippen LogP contribution < -0.4 is 0 Å². The average Bonchev–Trinajstić information content (AvgIpc) is 2.32. The fourth-order valence-corrected chi connectivity index (χ4v) is 1.10. The Morgan fingerprint density at radius 3 is 2.64 bits per heavy atom. The maximum atomic E-state index is 11.1. The molecule has 0 aliphatic carbocycles. The fraction of sp³-hybridized carbons (Fsp3) is 0.667. The van der Waals surface area contributed by atoms with E-state index in [0.29, 0.717) is 13.1 Å². The van der Waals surface area contributed by atoms with E-state index in [4.69, 9.17) is 11.6 Å². The van der Waals surface area contributed by atoms with Crippen LogP contribution in [0.15, 0.2) is 0 Å². The smallest absolute Gasteiger partial charge is 0.326 e. The van der Waals surface area contributed by atoms with Crippen molar-refractivity contribution in [3.8, 4) is 0 Å². The van der Waals surface area contributed by atoms with E-state index in [2.05, 4.69) is 0 Å². The van der Waals surface area contributed by atoms with Gasteiger partial charge in [0.1, 0.15) is 5.88 Å². The third-order valence-electron chi connectivity index (χ3n) is 1.63. The van der Waals surface area contributed by atoms with Gasteiger partial charge in [0.2, 0.25) is 5.91 Å². The lowest BCUT2D eigenvalue weighted by molar-refractivity contribution is -0.125. The molecule has 0 aromatic heterocycles. The van der Waals surface area contributed by atoms with E-state index in [-0.39, 0.29) is 17.8 Å². The quantitative estimate of drug-likeness (QED) is 0.533. The number of hydrogen-bond acceptors (Lipinski definition) is 2. The summed E-state index contributed by atoms with van der Waals surface area (Å²) >= 11 is 5.28. The lowest BCUT2D eigenvalue weighted by atomic mass is 10.5. The van der Waals surface area contributed by atoms with Crippen LogP contribution in [-0.4, -0.2) is 47.8 Å². The van der Waals surface area contributed by atoms with Crippen LogP contribution in [0.25, 0.3) is 0 Å². The molecule has 0 atom stereocenters. The Morgan fingerprint density at radius 2 is 2.27 bits per heavy atom. The maximum absolute atomic E-state index is 11.1. The van der Waals surface area contributed by atoms with Gasteiger partial charge in [-0.05, 0) is 0 Å². The molecule has 1 heterocycles. The van der Waals surface area contributed by atoms with E-state index in [1.807, 2.05) is 0 Å². The molecule has 3 amide bonds. The predicted molar refractivity (Wildman–Crippen MR) is 40.5 cm³/mol. The molecule has 62 valence electrons. The Balaban J connectivity index is 2.62. The van der Waals surface area contributed by atoms with Gasteiger partial charge in [-0.3, -0.25) is 9.69 Å². The molecule has 1 saturated heterocycles. The maximum Gasteiger partial charge on any atom is 0.326 e. The Labute approximate surface area is 69.7 Å². The third kappa shape index (κ3) is 1.45. The van der Waals surface area contributed by atoms with Gasteiger partial charge in [0.25, 0.3) is 0 Å². The van der Waals surface area contributed by atoms with Crippen molar-refractivity contribution in [1.29, 1.82) is 0 Å². The van der Waals surface area contributed by atoms with E-state index in [1.54, 1.807) is 7.05 Å². The zero-order chi connectivity index (χ0) is 8.43. The fourth-order valence-electron chi connectivity index (χ4n) is 0.951. The molecule has 5 heteroatoms. The second kappa shape index (κ2) is 3.09. The molecular weight excluding hydrogens is 168 g/mol. The highest BCUT2D eigenvalue weighted by Gasteiger charge is 2.29. The summed E-state index contributed by atoms with van der Waals surface area (Å²) in [6.07, 6.45) is 0. The van der Waals surface area contributed by atoms with Gasteiger partial charge in [0, 0.05) is 20.1 Å². The SMILES string of the molecule is CN1CCN(C(=O)CCl)C1=O. The lowest BCUT2D eigenvalue weighted by Gasteiger charge is -2.11.